The molecule has 2 heterocycles. The Hall–Kier alpha value is -2.83. The number of amides is 2. The van der Waals surface area contributed by atoms with Crippen molar-refractivity contribution in [3.05, 3.63) is 59.4 Å². The second-order valence-corrected chi connectivity index (χ2v) is 6.42. The van der Waals surface area contributed by atoms with Crippen molar-refractivity contribution in [1.29, 1.82) is 0 Å². The Morgan fingerprint density at radius 1 is 1.31 bits per heavy atom. The average molecular weight is 356 g/mol. The van der Waals surface area contributed by atoms with Crippen molar-refractivity contribution < 1.29 is 14.0 Å². The van der Waals surface area contributed by atoms with E-state index >= 15 is 0 Å². The lowest BCUT2D eigenvalue weighted by Crippen LogP contribution is -2.41. The molecule has 1 aliphatic heterocycles. The summed E-state index contributed by atoms with van der Waals surface area (Å²) in [7, 11) is 1.55. The van der Waals surface area contributed by atoms with Gasteiger partial charge in [-0.05, 0) is 43.4 Å². The number of carbonyl (C=O) groups is 2. The average Bonchev–Trinajstić information content (AvgIpc) is 2.67. The molecule has 1 atom stereocenters. The minimum atomic E-state index is -0.495. The van der Waals surface area contributed by atoms with Crippen molar-refractivity contribution in [3.8, 4) is 0 Å². The van der Waals surface area contributed by atoms with Crippen LogP contribution in [0.3, 0.4) is 0 Å². The van der Waals surface area contributed by atoms with Gasteiger partial charge < -0.3 is 10.2 Å². The summed E-state index contributed by atoms with van der Waals surface area (Å²) in [5.74, 6) is -0.812. The van der Waals surface area contributed by atoms with Gasteiger partial charge in [0, 0.05) is 25.8 Å². The van der Waals surface area contributed by atoms with Crippen LogP contribution in [-0.2, 0) is 6.42 Å². The highest BCUT2D eigenvalue weighted by molar-refractivity contribution is 5.94. The third-order valence-corrected chi connectivity index (χ3v) is 4.59. The fourth-order valence-electron chi connectivity index (χ4n) is 3.28. The Morgan fingerprint density at radius 3 is 2.88 bits per heavy atom. The van der Waals surface area contributed by atoms with E-state index in [1.807, 2.05) is 0 Å². The number of piperidine rings is 1. The molecule has 1 aromatic heterocycles. The van der Waals surface area contributed by atoms with Crippen LogP contribution in [0.1, 0.15) is 39.4 Å². The molecule has 0 bridgehead atoms. The van der Waals surface area contributed by atoms with Crippen molar-refractivity contribution in [1.82, 2.24) is 20.2 Å². The van der Waals surface area contributed by atoms with Crippen LogP contribution in [0.4, 0.5) is 4.39 Å². The van der Waals surface area contributed by atoms with Crippen molar-refractivity contribution in [3.63, 3.8) is 0 Å². The number of hydrogen-bond acceptors (Lipinski definition) is 4. The number of halogens is 1. The van der Waals surface area contributed by atoms with Crippen LogP contribution >= 0.6 is 0 Å². The molecule has 136 valence electrons. The quantitative estimate of drug-likeness (QED) is 0.910. The molecule has 1 fully saturated rings. The number of benzene rings is 1. The van der Waals surface area contributed by atoms with E-state index in [4.69, 9.17) is 0 Å². The molecular weight excluding hydrogens is 335 g/mol. The fourth-order valence-corrected chi connectivity index (χ4v) is 3.28. The Labute approximate surface area is 151 Å². The van der Waals surface area contributed by atoms with Crippen LogP contribution in [0, 0.1) is 11.7 Å². The Kier molecular flexibility index (Phi) is 5.55. The van der Waals surface area contributed by atoms with E-state index in [9.17, 15) is 14.0 Å². The first-order chi connectivity index (χ1) is 12.6. The number of likely N-dealkylation sites (tertiary alicyclic amines) is 1. The molecule has 0 unspecified atom stereocenters. The zero-order valence-corrected chi connectivity index (χ0v) is 14.6. The zero-order chi connectivity index (χ0) is 18.5. The highest BCUT2D eigenvalue weighted by Crippen LogP contribution is 2.22. The summed E-state index contributed by atoms with van der Waals surface area (Å²) in [5.41, 5.74) is 1.20. The van der Waals surface area contributed by atoms with E-state index < -0.39 is 5.82 Å². The fraction of sp³-hybridized carbons (Fsp3) is 0.368. The molecule has 0 spiro atoms. The van der Waals surface area contributed by atoms with Crippen molar-refractivity contribution in [2.24, 2.45) is 5.92 Å². The van der Waals surface area contributed by atoms with E-state index in [-0.39, 0.29) is 23.3 Å². The Balaban J connectivity index is 1.68. The number of rotatable bonds is 4. The van der Waals surface area contributed by atoms with Gasteiger partial charge in [0.15, 0.2) is 0 Å². The van der Waals surface area contributed by atoms with Crippen molar-refractivity contribution >= 4 is 11.8 Å². The van der Waals surface area contributed by atoms with Gasteiger partial charge in [0.25, 0.3) is 11.8 Å². The van der Waals surface area contributed by atoms with E-state index in [2.05, 4.69) is 15.3 Å². The van der Waals surface area contributed by atoms with Crippen molar-refractivity contribution in [2.75, 3.05) is 20.1 Å². The predicted molar refractivity (Wildman–Crippen MR) is 94.2 cm³/mol. The topological polar surface area (TPSA) is 75.2 Å². The Morgan fingerprint density at radius 2 is 2.12 bits per heavy atom. The number of nitrogens with zero attached hydrogens (tertiary/aromatic N) is 3. The molecule has 0 radical (unpaired) electrons. The van der Waals surface area contributed by atoms with Gasteiger partial charge in [-0.2, -0.15) is 0 Å². The van der Waals surface area contributed by atoms with Gasteiger partial charge in [-0.1, -0.05) is 12.1 Å². The molecule has 0 saturated carbocycles. The molecule has 1 N–H and O–H groups in total. The lowest BCUT2D eigenvalue weighted by Gasteiger charge is -2.32. The van der Waals surface area contributed by atoms with Crippen molar-refractivity contribution in [2.45, 2.75) is 19.3 Å². The number of aromatic nitrogens is 2. The first kappa shape index (κ1) is 18.0. The Bertz CT molecular complexity index is 812. The molecule has 6 nitrogen and oxygen atoms in total. The molecule has 26 heavy (non-hydrogen) atoms. The minimum absolute atomic E-state index is 0.108. The first-order valence-corrected chi connectivity index (χ1v) is 8.65. The lowest BCUT2D eigenvalue weighted by molar-refractivity contribution is 0.0668. The van der Waals surface area contributed by atoms with Crippen LogP contribution in [0.5, 0.6) is 0 Å². The standard InChI is InChI=1S/C19H21FN4O2/c1-21-18(25)17-10-14(22-12-23-17)9-13-5-4-8-24(11-13)19(26)15-6-2-3-7-16(15)20/h2-3,6-7,10,12-13H,4-5,8-9,11H2,1H3,(H,21,25)/t13-/m0/s1. The minimum Gasteiger partial charge on any atom is -0.354 e. The summed E-state index contributed by atoms with van der Waals surface area (Å²) < 4.78 is 13.9. The van der Waals surface area contributed by atoms with E-state index in [0.717, 1.165) is 18.5 Å². The second kappa shape index (κ2) is 8.03. The smallest absolute Gasteiger partial charge is 0.269 e. The third-order valence-electron chi connectivity index (χ3n) is 4.59. The van der Waals surface area contributed by atoms with E-state index in [1.165, 1.54) is 18.5 Å². The van der Waals surface area contributed by atoms with Crippen LogP contribution < -0.4 is 5.32 Å². The van der Waals surface area contributed by atoms with Gasteiger partial charge in [-0.3, -0.25) is 9.59 Å². The number of nitrogens with one attached hydrogen (secondary N) is 1. The van der Waals surface area contributed by atoms with Crippen LogP contribution in [0.2, 0.25) is 0 Å². The normalized spacial score (nSPS) is 17.0. The lowest BCUT2D eigenvalue weighted by atomic mass is 9.92. The highest BCUT2D eigenvalue weighted by Gasteiger charge is 2.26. The molecule has 0 aliphatic carbocycles. The molecule has 2 amide bonds. The van der Waals surface area contributed by atoms with Crippen LogP contribution in [0.15, 0.2) is 36.7 Å². The third kappa shape index (κ3) is 4.04. The zero-order valence-electron chi connectivity index (χ0n) is 14.6. The summed E-state index contributed by atoms with van der Waals surface area (Å²) in [6.07, 6.45) is 3.84. The molecular formula is C19H21FN4O2. The molecule has 3 rings (SSSR count). The highest BCUT2D eigenvalue weighted by atomic mass is 19.1. The van der Waals surface area contributed by atoms with E-state index in [0.29, 0.717) is 25.2 Å². The van der Waals surface area contributed by atoms with Gasteiger partial charge in [0.05, 0.1) is 5.56 Å². The summed E-state index contributed by atoms with van der Waals surface area (Å²) in [6.45, 7) is 1.17. The molecule has 2 aromatic rings. The summed E-state index contributed by atoms with van der Waals surface area (Å²) in [6, 6.07) is 7.73. The van der Waals surface area contributed by atoms with Gasteiger partial charge >= 0.3 is 0 Å². The summed E-state index contributed by atoms with van der Waals surface area (Å²) >= 11 is 0. The SMILES string of the molecule is CNC(=O)c1cc(C[C@@H]2CCCN(C(=O)c3ccccc3F)C2)ncn1. The van der Waals surface area contributed by atoms with Gasteiger partial charge in [-0.15, -0.1) is 0 Å². The van der Waals surface area contributed by atoms with Gasteiger partial charge in [-0.25, -0.2) is 14.4 Å². The maximum Gasteiger partial charge on any atom is 0.269 e. The van der Waals surface area contributed by atoms with Crippen LogP contribution in [-0.4, -0.2) is 46.8 Å². The molecule has 1 aromatic carbocycles. The monoisotopic (exact) mass is 356 g/mol. The summed E-state index contributed by atoms with van der Waals surface area (Å²) in [4.78, 5) is 34.2. The largest absolute Gasteiger partial charge is 0.354 e. The predicted octanol–water partition coefficient (Wildman–Crippen LogP) is 2.07. The second-order valence-electron chi connectivity index (χ2n) is 6.42. The van der Waals surface area contributed by atoms with Gasteiger partial charge in [0.1, 0.15) is 17.8 Å². The maximum atomic E-state index is 13.9. The molecule has 1 aliphatic rings. The molecule has 1 saturated heterocycles. The van der Waals surface area contributed by atoms with Gasteiger partial charge in [0.2, 0.25) is 0 Å². The first-order valence-electron chi connectivity index (χ1n) is 8.65. The number of carbonyl (C=O) groups excluding carboxylic acids is 2. The van der Waals surface area contributed by atoms with E-state index in [1.54, 1.807) is 30.1 Å². The van der Waals surface area contributed by atoms with Crippen LogP contribution in [0.25, 0.3) is 0 Å². The molecule has 7 heteroatoms. The summed E-state index contributed by atoms with van der Waals surface area (Å²) in [5, 5.41) is 2.54. The number of hydrogen-bond donors (Lipinski definition) is 1. The maximum absolute atomic E-state index is 13.9.